The third-order valence-corrected chi connectivity index (χ3v) is 4.86. The van der Waals surface area contributed by atoms with E-state index in [2.05, 4.69) is 10.3 Å². The number of rotatable bonds is 4. The summed E-state index contributed by atoms with van der Waals surface area (Å²) in [5.74, 6) is -0.00246. The lowest BCUT2D eigenvalue weighted by atomic mass is 10.1. The van der Waals surface area contributed by atoms with E-state index in [9.17, 15) is 4.79 Å². The number of amides is 1. The van der Waals surface area contributed by atoms with Gasteiger partial charge >= 0.3 is 0 Å². The fraction of sp³-hybridized carbons (Fsp3) is 0.333. The second-order valence-electron chi connectivity index (χ2n) is 4.88. The van der Waals surface area contributed by atoms with Crippen LogP contribution in [0, 0.1) is 0 Å². The highest BCUT2D eigenvalue weighted by molar-refractivity contribution is 7.15. The lowest BCUT2D eigenvalue weighted by molar-refractivity contribution is -0.116. The van der Waals surface area contributed by atoms with Crippen molar-refractivity contribution in [2.75, 3.05) is 5.32 Å². The third kappa shape index (κ3) is 3.02. The monoisotopic (exact) mass is 306 g/mol. The van der Waals surface area contributed by atoms with Crippen molar-refractivity contribution in [3.63, 3.8) is 0 Å². The van der Waals surface area contributed by atoms with Gasteiger partial charge in [0.15, 0.2) is 5.13 Å². The van der Waals surface area contributed by atoms with Crippen LogP contribution >= 0.6 is 22.9 Å². The molecule has 0 fully saturated rings. The molecule has 1 heterocycles. The molecule has 0 spiro atoms. The average molecular weight is 307 g/mol. The van der Waals surface area contributed by atoms with Gasteiger partial charge in [0.1, 0.15) is 0 Å². The standard InChI is InChI=1S/C15H15ClN2OS/c16-11-5-2-1-4-10(11)8-9-14(19)18-15-17-12-6-3-7-13(12)20-15/h1-2,4-5H,3,6-9H2,(H,17,18,19). The minimum absolute atomic E-state index is 0.00246. The van der Waals surface area contributed by atoms with Gasteiger partial charge in [0, 0.05) is 16.3 Å². The molecular formula is C15H15ClN2OS. The Morgan fingerprint density at radius 1 is 1.35 bits per heavy atom. The first-order valence-corrected chi connectivity index (χ1v) is 7.93. The fourth-order valence-corrected chi connectivity index (χ4v) is 3.67. The number of anilines is 1. The molecule has 3 nitrogen and oxygen atoms in total. The number of carbonyl (C=O) groups is 1. The third-order valence-electron chi connectivity index (χ3n) is 3.42. The molecule has 3 rings (SSSR count). The Balaban J connectivity index is 1.56. The number of fused-ring (bicyclic) bond motifs is 1. The zero-order valence-electron chi connectivity index (χ0n) is 11.0. The molecule has 0 saturated carbocycles. The van der Waals surface area contributed by atoms with E-state index in [1.54, 1.807) is 11.3 Å². The maximum absolute atomic E-state index is 11.9. The quantitative estimate of drug-likeness (QED) is 0.932. The number of hydrogen-bond donors (Lipinski definition) is 1. The van der Waals surface area contributed by atoms with Crippen LogP contribution in [0.3, 0.4) is 0 Å². The molecule has 1 aromatic carbocycles. The number of hydrogen-bond acceptors (Lipinski definition) is 3. The minimum Gasteiger partial charge on any atom is -0.302 e. The molecule has 1 aromatic heterocycles. The number of benzene rings is 1. The highest BCUT2D eigenvalue weighted by Gasteiger charge is 2.17. The number of carbonyl (C=O) groups excluding carboxylic acids is 1. The molecule has 0 unspecified atom stereocenters. The van der Waals surface area contributed by atoms with E-state index in [-0.39, 0.29) is 5.91 Å². The van der Waals surface area contributed by atoms with E-state index in [1.807, 2.05) is 24.3 Å². The molecule has 2 aromatic rings. The molecule has 1 amide bonds. The molecule has 104 valence electrons. The number of nitrogens with zero attached hydrogens (tertiary/aromatic N) is 1. The smallest absolute Gasteiger partial charge is 0.226 e. The van der Waals surface area contributed by atoms with Crippen LogP contribution in [-0.4, -0.2) is 10.9 Å². The summed E-state index contributed by atoms with van der Waals surface area (Å²) in [5, 5.41) is 4.34. The second kappa shape index (κ2) is 5.94. The first-order chi connectivity index (χ1) is 9.72. The van der Waals surface area contributed by atoms with Gasteiger partial charge in [0.25, 0.3) is 0 Å². The predicted molar refractivity (Wildman–Crippen MR) is 82.5 cm³/mol. The summed E-state index contributed by atoms with van der Waals surface area (Å²) in [6.07, 6.45) is 4.41. The van der Waals surface area contributed by atoms with Gasteiger partial charge in [-0.15, -0.1) is 11.3 Å². The zero-order chi connectivity index (χ0) is 13.9. The van der Waals surface area contributed by atoms with Crippen molar-refractivity contribution in [2.24, 2.45) is 0 Å². The van der Waals surface area contributed by atoms with Crippen LogP contribution in [-0.2, 0) is 24.1 Å². The van der Waals surface area contributed by atoms with Crippen molar-refractivity contribution in [3.05, 3.63) is 45.4 Å². The SMILES string of the molecule is O=C(CCc1ccccc1Cl)Nc1nc2c(s1)CCC2. The Morgan fingerprint density at radius 3 is 3.00 bits per heavy atom. The first-order valence-electron chi connectivity index (χ1n) is 6.74. The number of nitrogens with one attached hydrogen (secondary N) is 1. The highest BCUT2D eigenvalue weighted by Crippen LogP contribution is 2.30. The Bertz CT molecular complexity index is 617. The topological polar surface area (TPSA) is 42.0 Å². The summed E-state index contributed by atoms with van der Waals surface area (Å²) in [5.41, 5.74) is 2.17. The normalized spacial score (nSPS) is 13.2. The zero-order valence-corrected chi connectivity index (χ0v) is 12.6. The Kier molecular flexibility index (Phi) is 4.03. The van der Waals surface area contributed by atoms with Gasteiger partial charge in [0.2, 0.25) is 5.91 Å². The lowest BCUT2D eigenvalue weighted by Crippen LogP contribution is -2.12. The van der Waals surface area contributed by atoms with E-state index in [0.717, 1.165) is 29.2 Å². The summed E-state index contributed by atoms with van der Waals surface area (Å²) < 4.78 is 0. The van der Waals surface area contributed by atoms with E-state index in [1.165, 1.54) is 11.3 Å². The number of halogens is 1. The maximum atomic E-state index is 11.9. The molecule has 1 aliphatic rings. The van der Waals surface area contributed by atoms with Gasteiger partial charge < -0.3 is 5.32 Å². The predicted octanol–water partition coefficient (Wildman–Crippen LogP) is 3.86. The van der Waals surface area contributed by atoms with Crippen molar-refractivity contribution in [3.8, 4) is 0 Å². The largest absolute Gasteiger partial charge is 0.302 e. The molecular weight excluding hydrogens is 292 g/mol. The summed E-state index contributed by atoms with van der Waals surface area (Å²) in [6, 6.07) is 7.63. The second-order valence-corrected chi connectivity index (χ2v) is 6.37. The Hall–Kier alpha value is -1.39. The molecule has 1 N–H and O–H groups in total. The van der Waals surface area contributed by atoms with Crippen molar-refractivity contribution in [1.29, 1.82) is 0 Å². The van der Waals surface area contributed by atoms with Gasteiger partial charge in [-0.3, -0.25) is 4.79 Å². The Labute approximate surface area is 127 Å². The molecule has 0 aliphatic heterocycles. The summed E-state index contributed by atoms with van der Waals surface area (Å²) in [7, 11) is 0. The van der Waals surface area contributed by atoms with E-state index in [4.69, 9.17) is 11.6 Å². The van der Waals surface area contributed by atoms with Gasteiger partial charge in [-0.05, 0) is 37.3 Å². The molecule has 1 aliphatic carbocycles. The van der Waals surface area contributed by atoms with Crippen molar-refractivity contribution >= 4 is 34.0 Å². The summed E-state index contributed by atoms with van der Waals surface area (Å²) >= 11 is 7.68. The van der Waals surface area contributed by atoms with E-state index < -0.39 is 0 Å². The molecule has 0 saturated heterocycles. The molecule has 0 atom stereocenters. The summed E-state index contributed by atoms with van der Waals surface area (Å²) in [6.45, 7) is 0. The van der Waals surface area contributed by atoms with Crippen LogP contribution in [0.4, 0.5) is 5.13 Å². The first kappa shape index (κ1) is 13.6. The van der Waals surface area contributed by atoms with E-state index >= 15 is 0 Å². The van der Waals surface area contributed by atoms with Gasteiger partial charge in [-0.1, -0.05) is 29.8 Å². The maximum Gasteiger partial charge on any atom is 0.226 e. The Morgan fingerprint density at radius 2 is 2.20 bits per heavy atom. The van der Waals surface area contributed by atoms with Crippen LogP contribution in [0.25, 0.3) is 0 Å². The molecule has 0 bridgehead atoms. The lowest BCUT2D eigenvalue weighted by Gasteiger charge is -2.04. The molecule has 0 radical (unpaired) electrons. The summed E-state index contributed by atoms with van der Waals surface area (Å²) in [4.78, 5) is 17.7. The van der Waals surface area contributed by atoms with Gasteiger partial charge in [-0.25, -0.2) is 4.98 Å². The van der Waals surface area contributed by atoms with Crippen LogP contribution in [0.15, 0.2) is 24.3 Å². The fourth-order valence-electron chi connectivity index (χ4n) is 2.37. The van der Waals surface area contributed by atoms with Gasteiger partial charge in [-0.2, -0.15) is 0 Å². The van der Waals surface area contributed by atoms with E-state index in [0.29, 0.717) is 17.9 Å². The van der Waals surface area contributed by atoms with Gasteiger partial charge in [0.05, 0.1) is 5.69 Å². The average Bonchev–Trinajstić information content (AvgIpc) is 2.98. The molecule has 5 heteroatoms. The van der Waals surface area contributed by atoms with Crippen molar-refractivity contribution in [1.82, 2.24) is 4.98 Å². The number of aryl methyl sites for hydroxylation is 3. The van der Waals surface area contributed by atoms with Crippen LogP contribution in [0.1, 0.15) is 29.0 Å². The van der Waals surface area contributed by atoms with Crippen LogP contribution in [0.2, 0.25) is 5.02 Å². The van der Waals surface area contributed by atoms with Crippen molar-refractivity contribution < 1.29 is 4.79 Å². The number of thiazole rings is 1. The highest BCUT2D eigenvalue weighted by atomic mass is 35.5. The van der Waals surface area contributed by atoms with Crippen LogP contribution in [0.5, 0.6) is 0 Å². The molecule has 20 heavy (non-hydrogen) atoms. The minimum atomic E-state index is -0.00246. The number of aromatic nitrogens is 1. The van der Waals surface area contributed by atoms with Crippen LogP contribution < -0.4 is 5.32 Å². The van der Waals surface area contributed by atoms with Crippen molar-refractivity contribution in [2.45, 2.75) is 32.1 Å².